The molecule has 0 radical (unpaired) electrons. The summed E-state index contributed by atoms with van der Waals surface area (Å²) in [5.74, 6) is 0.341. The highest BCUT2D eigenvalue weighted by atomic mass is 79.9. The van der Waals surface area contributed by atoms with Gasteiger partial charge in [0.05, 0.1) is 19.3 Å². The van der Waals surface area contributed by atoms with Crippen molar-refractivity contribution in [1.29, 1.82) is 0 Å². The highest BCUT2D eigenvalue weighted by Gasteiger charge is 2.08. The van der Waals surface area contributed by atoms with Gasteiger partial charge < -0.3 is 9.47 Å². The first kappa shape index (κ1) is 12.0. The number of carbonyl (C=O) groups excluding carboxylic acids is 1. The van der Waals surface area contributed by atoms with E-state index in [4.69, 9.17) is 4.74 Å². The summed E-state index contributed by atoms with van der Waals surface area (Å²) in [4.78, 5) is 11.3. The second-order valence-corrected chi connectivity index (χ2v) is 3.48. The fourth-order valence-corrected chi connectivity index (χ4v) is 1.55. The van der Waals surface area contributed by atoms with E-state index in [1.807, 2.05) is 13.0 Å². The summed E-state index contributed by atoms with van der Waals surface area (Å²) in [5.41, 5.74) is 1.50. The summed E-state index contributed by atoms with van der Waals surface area (Å²) in [6.45, 7) is 2.48. The van der Waals surface area contributed by atoms with Gasteiger partial charge in [0.25, 0.3) is 0 Å². The van der Waals surface area contributed by atoms with Crippen LogP contribution in [-0.4, -0.2) is 19.7 Å². The normalized spacial score (nSPS) is 9.80. The fourth-order valence-electron chi connectivity index (χ4n) is 1.22. The Morgan fingerprint density at radius 1 is 1.40 bits per heavy atom. The van der Waals surface area contributed by atoms with Gasteiger partial charge in [-0.3, -0.25) is 0 Å². The number of methoxy groups -OCH3 is 1. The molecule has 0 spiro atoms. The van der Waals surface area contributed by atoms with Crippen molar-refractivity contribution in [2.75, 3.05) is 13.7 Å². The van der Waals surface area contributed by atoms with Crippen molar-refractivity contribution in [1.82, 2.24) is 0 Å². The van der Waals surface area contributed by atoms with Crippen LogP contribution in [0.1, 0.15) is 22.8 Å². The lowest BCUT2D eigenvalue weighted by atomic mass is 10.1. The van der Waals surface area contributed by atoms with Gasteiger partial charge in [-0.1, -0.05) is 15.9 Å². The zero-order chi connectivity index (χ0) is 11.3. The van der Waals surface area contributed by atoms with Crippen molar-refractivity contribution < 1.29 is 14.3 Å². The minimum Gasteiger partial charge on any atom is -0.494 e. The van der Waals surface area contributed by atoms with Crippen LogP contribution in [0.4, 0.5) is 0 Å². The SMILES string of the molecule is CCOc1cc(CBr)cc(C(=O)OC)c1. The number of rotatable bonds is 4. The molecule has 0 amide bonds. The first-order valence-electron chi connectivity index (χ1n) is 4.62. The second kappa shape index (κ2) is 5.75. The molecule has 1 aromatic carbocycles. The third-order valence-corrected chi connectivity index (χ3v) is 2.50. The molecule has 15 heavy (non-hydrogen) atoms. The van der Waals surface area contributed by atoms with Gasteiger partial charge in [-0.15, -0.1) is 0 Å². The first-order chi connectivity index (χ1) is 7.21. The molecule has 1 aromatic rings. The molecule has 0 aliphatic heterocycles. The van der Waals surface area contributed by atoms with Crippen LogP contribution >= 0.6 is 15.9 Å². The molecule has 0 saturated carbocycles. The molecule has 1 rings (SSSR count). The number of esters is 1. The number of alkyl halides is 1. The van der Waals surface area contributed by atoms with Crippen molar-refractivity contribution in [3.05, 3.63) is 29.3 Å². The number of ether oxygens (including phenoxy) is 2. The Labute approximate surface area is 97.5 Å². The van der Waals surface area contributed by atoms with E-state index in [0.717, 1.165) is 5.56 Å². The minimum atomic E-state index is -0.348. The van der Waals surface area contributed by atoms with Crippen LogP contribution < -0.4 is 4.74 Å². The highest BCUT2D eigenvalue weighted by molar-refractivity contribution is 9.08. The van der Waals surface area contributed by atoms with Crippen LogP contribution in [0.25, 0.3) is 0 Å². The van der Waals surface area contributed by atoms with E-state index >= 15 is 0 Å². The molecule has 0 aromatic heterocycles. The second-order valence-electron chi connectivity index (χ2n) is 2.92. The van der Waals surface area contributed by atoms with Gasteiger partial charge in [-0.25, -0.2) is 4.79 Å². The molecule has 0 fully saturated rings. The smallest absolute Gasteiger partial charge is 0.337 e. The monoisotopic (exact) mass is 272 g/mol. The molecular weight excluding hydrogens is 260 g/mol. The zero-order valence-electron chi connectivity index (χ0n) is 8.75. The third-order valence-electron chi connectivity index (χ3n) is 1.85. The molecule has 0 aliphatic carbocycles. The van der Waals surface area contributed by atoms with Crippen LogP contribution in [0.2, 0.25) is 0 Å². The van der Waals surface area contributed by atoms with E-state index in [1.54, 1.807) is 12.1 Å². The van der Waals surface area contributed by atoms with E-state index in [-0.39, 0.29) is 5.97 Å². The summed E-state index contributed by atoms with van der Waals surface area (Å²) in [6.07, 6.45) is 0. The van der Waals surface area contributed by atoms with Crippen molar-refractivity contribution in [3.8, 4) is 5.75 Å². The molecule has 0 unspecified atom stereocenters. The maximum Gasteiger partial charge on any atom is 0.337 e. The van der Waals surface area contributed by atoms with Gasteiger partial charge in [0.1, 0.15) is 5.75 Å². The molecule has 0 aliphatic rings. The van der Waals surface area contributed by atoms with Gasteiger partial charge >= 0.3 is 5.97 Å². The Hall–Kier alpha value is -1.03. The summed E-state index contributed by atoms with van der Waals surface area (Å²) in [7, 11) is 1.36. The number of halogens is 1. The third kappa shape index (κ3) is 3.23. The lowest BCUT2D eigenvalue weighted by molar-refractivity contribution is 0.0600. The summed E-state index contributed by atoms with van der Waals surface area (Å²) in [6, 6.07) is 5.36. The maximum absolute atomic E-state index is 11.3. The van der Waals surface area contributed by atoms with Gasteiger partial charge in [0, 0.05) is 5.33 Å². The lowest BCUT2D eigenvalue weighted by Crippen LogP contribution is -2.03. The number of carbonyl (C=O) groups is 1. The molecule has 3 nitrogen and oxygen atoms in total. The molecule has 0 atom stereocenters. The van der Waals surface area contributed by atoms with Crippen LogP contribution in [0, 0.1) is 0 Å². The molecule has 0 N–H and O–H groups in total. The average Bonchev–Trinajstić information content (AvgIpc) is 2.28. The van der Waals surface area contributed by atoms with Crippen molar-refractivity contribution >= 4 is 21.9 Å². The van der Waals surface area contributed by atoms with Gasteiger partial charge in [-0.2, -0.15) is 0 Å². The minimum absolute atomic E-state index is 0.348. The van der Waals surface area contributed by atoms with Gasteiger partial charge in [0.2, 0.25) is 0 Å². The van der Waals surface area contributed by atoms with E-state index in [2.05, 4.69) is 20.7 Å². The van der Waals surface area contributed by atoms with E-state index in [1.165, 1.54) is 7.11 Å². The number of benzene rings is 1. The largest absolute Gasteiger partial charge is 0.494 e. The standard InChI is InChI=1S/C11H13BrO3/c1-3-15-10-5-8(7-12)4-9(6-10)11(13)14-2/h4-6H,3,7H2,1-2H3. The molecule has 0 saturated heterocycles. The first-order valence-corrected chi connectivity index (χ1v) is 5.74. The zero-order valence-corrected chi connectivity index (χ0v) is 10.3. The molecule has 4 heteroatoms. The topological polar surface area (TPSA) is 35.5 Å². The highest BCUT2D eigenvalue weighted by Crippen LogP contribution is 2.19. The van der Waals surface area contributed by atoms with Crippen LogP contribution in [0.3, 0.4) is 0 Å². The van der Waals surface area contributed by atoms with E-state index < -0.39 is 0 Å². The Morgan fingerprint density at radius 3 is 2.67 bits per heavy atom. The predicted molar refractivity (Wildman–Crippen MR) is 61.6 cm³/mol. The molecule has 0 bridgehead atoms. The Bertz CT molecular complexity index is 350. The van der Waals surface area contributed by atoms with E-state index in [9.17, 15) is 4.79 Å². The van der Waals surface area contributed by atoms with Crippen molar-refractivity contribution in [2.24, 2.45) is 0 Å². The summed E-state index contributed by atoms with van der Waals surface area (Å²) >= 11 is 3.34. The van der Waals surface area contributed by atoms with Crippen LogP contribution in [0.5, 0.6) is 5.75 Å². The average molecular weight is 273 g/mol. The van der Waals surface area contributed by atoms with Gasteiger partial charge in [-0.05, 0) is 30.7 Å². The van der Waals surface area contributed by atoms with Crippen LogP contribution in [0.15, 0.2) is 18.2 Å². The van der Waals surface area contributed by atoms with E-state index in [0.29, 0.717) is 23.2 Å². The predicted octanol–water partition coefficient (Wildman–Crippen LogP) is 2.77. The summed E-state index contributed by atoms with van der Waals surface area (Å²) < 4.78 is 10.0. The lowest BCUT2D eigenvalue weighted by Gasteiger charge is -2.07. The Morgan fingerprint density at radius 2 is 2.13 bits per heavy atom. The van der Waals surface area contributed by atoms with Crippen molar-refractivity contribution in [2.45, 2.75) is 12.3 Å². The fraction of sp³-hybridized carbons (Fsp3) is 0.364. The number of hydrogen-bond acceptors (Lipinski definition) is 3. The Kier molecular flexibility index (Phi) is 4.62. The maximum atomic E-state index is 11.3. The van der Waals surface area contributed by atoms with Crippen LogP contribution in [-0.2, 0) is 10.1 Å². The molecule has 82 valence electrons. The summed E-state index contributed by atoms with van der Waals surface area (Å²) in [5, 5.41) is 0.678. The van der Waals surface area contributed by atoms with Gasteiger partial charge in [0.15, 0.2) is 0 Å². The quantitative estimate of drug-likeness (QED) is 0.625. The molecular formula is C11H13BrO3. The molecule has 0 heterocycles. The van der Waals surface area contributed by atoms with Crippen molar-refractivity contribution in [3.63, 3.8) is 0 Å². The Balaban J connectivity index is 3.05. The number of hydrogen-bond donors (Lipinski definition) is 0.